The zero-order chi connectivity index (χ0) is 19.4. The summed E-state index contributed by atoms with van der Waals surface area (Å²) in [6.07, 6.45) is 5.30. The lowest BCUT2D eigenvalue weighted by atomic mass is 10.2. The summed E-state index contributed by atoms with van der Waals surface area (Å²) in [7, 11) is 0. The van der Waals surface area contributed by atoms with E-state index in [1.165, 1.54) is 13.0 Å². The summed E-state index contributed by atoms with van der Waals surface area (Å²) in [6, 6.07) is 3.26. The molecule has 0 radical (unpaired) electrons. The Hall–Kier alpha value is -0.650. The van der Waals surface area contributed by atoms with Crippen LogP contribution in [0.1, 0.15) is 32.6 Å². The van der Waals surface area contributed by atoms with Crippen LogP contribution in [0.25, 0.3) is 0 Å². The molecule has 0 aliphatic heterocycles. The third kappa shape index (κ3) is 10.5. The summed E-state index contributed by atoms with van der Waals surface area (Å²) < 4.78 is 16.5. The highest BCUT2D eigenvalue weighted by atomic mass is 35.5. The van der Waals surface area contributed by atoms with Gasteiger partial charge in [0.05, 0.1) is 16.7 Å². The number of hydrogen-bond acceptors (Lipinski definition) is 4. The molecule has 0 saturated heterocycles. The van der Waals surface area contributed by atoms with Crippen molar-refractivity contribution >= 4 is 52.2 Å². The lowest BCUT2D eigenvalue weighted by Crippen LogP contribution is -2.05. The molecule has 0 unspecified atom stereocenters. The molecule has 0 amide bonds. The summed E-state index contributed by atoms with van der Waals surface area (Å²) in [4.78, 5) is 10.7. The molecule has 4 nitrogen and oxygen atoms in total. The van der Waals surface area contributed by atoms with Gasteiger partial charge in [-0.05, 0) is 32.3 Å². The largest absolute Gasteiger partial charge is 0.490 e. The molecule has 0 aromatic heterocycles. The molecule has 0 N–H and O–H groups in total. The fourth-order valence-electron chi connectivity index (χ4n) is 2.01. The number of benzene rings is 1. The minimum atomic E-state index is 0.0443. The first kappa shape index (κ1) is 23.4. The molecule has 0 heterocycles. The summed E-state index contributed by atoms with van der Waals surface area (Å²) in [5, 5.41) is 0.761. The molecule has 0 spiro atoms. The number of unbranched alkanes of at least 4 members (excludes halogenated alkanes) is 3. The van der Waals surface area contributed by atoms with Crippen LogP contribution in [0.15, 0.2) is 22.7 Å². The molecule has 0 aliphatic rings. The fraction of sp³-hybridized carbons (Fsp3) is 0.500. The van der Waals surface area contributed by atoms with Crippen molar-refractivity contribution in [1.82, 2.24) is 0 Å². The zero-order valence-electron chi connectivity index (χ0n) is 14.5. The van der Waals surface area contributed by atoms with Crippen molar-refractivity contribution in [2.75, 3.05) is 26.4 Å². The third-order valence-corrected chi connectivity index (χ3v) is 4.06. The fourth-order valence-corrected chi connectivity index (χ4v) is 2.71. The summed E-state index contributed by atoms with van der Waals surface area (Å²) in [5.41, 5.74) is 0. The van der Waals surface area contributed by atoms with Crippen molar-refractivity contribution < 1.29 is 19.0 Å². The van der Waals surface area contributed by atoms with Crippen molar-refractivity contribution in [3.63, 3.8) is 0 Å². The predicted molar refractivity (Wildman–Crippen MR) is 107 cm³/mol. The van der Waals surface area contributed by atoms with Gasteiger partial charge in [-0.15, -0.1) is 0 Å². The highest BCUT2D eigenvalue weighted by Crippen LogP contribution is 2.37. The van der Waals surface area contributed by atoms with E-state index in [9.17, 15) is 4.79 Å². The number of carbonyl (C=O) groups is 1. The second-order valence-electron chi connectivity index (χ2n) is 5.54. The number of ether oxygens (including phenoxy) is 3. The number of Topliss-reactive ketones (excluding diaryl/α,β-unsaturated/α-hetero) is 1. The van der Waals surface area contributed by atoms with Crippen LogP contribution in [-0.4, -0.2) is 32.2 Å². The minimum absolute atomic E-state index is 0.0443. The number of hydrogen-bond donors (Lipinski definition) is 0. The number of halogens is 4. The molecule has 0 atom stereocenters. The normalized spacial score (nSPS) is 10.5. The second-order valence-corrected chi connectivity index (χ2v) is 7.36. The van der Waals surface area contributed by atoms with Gasteiger partial charge in [0, 0.05) is 18.7 Å². The van der Waals surface area contributed by atoms with E-state index in [4.69, 9.17) is 60.6 Å². The van der Waals surface area contributed by atoms with Crippen LogP contribution < -0.4 is 9.47 Å². The van der Waals surface area contributed by atoms with Gasteiger partial charge in [-0.25, -0.2) is 0 Å². The Labute approximate surface area is 174 Å². The van der Waals surface area contributed by atoms with Crippen molar-refractivity contribution in [3.05, 3.63) is 32.7 Å². The van der Waals surface area contributed by atoms with Crippen LogP contribution in [0.4, 0.5) is 0 Å². The summed E-state index contributed by atoms with van der Waals surface area (Å²) in [6.45, 7) is 3.03. The van der Waals surface area contributed by atoms with Gasteiger partial charge in [-0.2, -0.15) is 0 Å². The van der Waals surface area contributed by atoms with E-state index in [1.807, 2.05) is 0 Å². The molecule has 0 aliphatic carbocycles. The van der Waals surface area contributed by atoms with Crippen LogP contribution in [0.3, 0.4) is 0 Å². The van der Waals surface area contributed by atoms with Crippen LogP contribution in [0.5, 0.6) is 11.5 Å². The van der Waals surface area contributed by atoms with Crippen LogP contribution in [0.2, 0.25) is 10.0 Å². The molecule has 0 saturated carbocycles. The molecule has 0 fully saturated rings. The summed E-state index contributed by atoms with van der Waals surface area (Å²) in [5.74, 6) is 0.989. The number of ketones is 1. The maximum atomic E-state index is 10.7. The van der Waals surface area contributed by atoms with Gasteiger partial charge in [0.2, 0.25) is 0 Å². The average molecular weight is 444 g/mol. The van der Waals surface area contributed by atoms with Gasteiger partial charge in [0.1, 0.15) is 23.5 Å². The van der Waals surface area contributed by atoms with E-state index in [-0.39, 0.29) is 23.5 Å². The second kappa shape index (κ2) is 13.5. The first-order chi connectivity index (χ1) is 12.4. The third-order valence-electron chi connectivity index (χ3n) is 3.19. The molecule has 1 aromatic rings. The Kier molecular flexibility index (Phi) is 12.2. The highest BCUT2D eigenvalue weighted by molar-refractivity contribution is 6.55. The van der Waals surface area contributed by atoms with Gasteiger partial charge in [-0.3, -0.25) is 4.79 Å². The predicted octanol–water partition coefficient (Wildman–Crippen LogP) is 6.24. The smallest absolute Gasteiger partial charge is 0.156 e. The van der Waals surface area contributed by atoms with Gasteiger partial charge >= 0.3 is 0 Å². The topological polar surface area (TPSA) is 44.8 Å². The van der Waals surface area contributed by atoms with Crippen LogP contribution in [-0.2, 0) is 9.53 Å². The van der Waals surface area contributed by atoms with Gasteiger partial charge in [0.25, 0.3) is 0 Å². The van der Waals surface area contributed by atoms with Gasteiger partial charge in [-0.1, -0.05) is 52.8 Å². The van der Waals surface area contributed by atoms with Crippen LogP contribution in [0, 0.1) is 0 Å². The monoisotopic (exact) mass is 442 g/mol. The molecule has 8 heteroatoms. The summed E-state index contributed by atoms with van der Waals surface area (Å²) >= 11 is 23.4. The Morgan fingerprint density at radius 3 is 2.19 bits per heavy atom. The molecule has 146 valence electrons. The maximum Gasteiger partial charge on any atom is 0.156 e. The molecule has 1 rings (SSSR count). The number of rotatable bonds is 13. The number of carbonyl (C=O) groups excluding carboxylic acids is 1. The van der Waals surface area contributed by atoms with E-state index in [1.54, 1.807) is 12.1 Å². The lowest BCUT2D eigenvalue weighted by molar-refractivity contribution is -0.121. The Bertz CT molecular complexity index is 578. The highest BCUT2D eigenvalue weighted by Gasteiger charge is 2.10. The first-order valence-corrected chi connectivity index (χ1v) is 9.74. The molecule has 1 aromatic carbocycles. The Morgan fingerprint density at radius 1 is 1.00 bits per heavy atom. The standard InChI is InChI=1S/C18H22Cl4O4/c1-13(23)12-24-7-4-2-3-5-8-26-18-15(19)10-14(11-16(18)20)25-9-6-17(21)22/h6,10-11H,2-5,7-9,12H2,1H3. The lowest BCUT2D eigenvalue weighted by Gasteiger charge is -2.12. The van der Waals surface area contributed by atoms with Gasteiger partial charge < -0.3 is 14.2 Å². The molecular weight excluding hydrogens is 422 g/mol. The van der Waals surface area contributed by atoms with Crippen molar-refractivity contribution in [2.24, 2.45) is 0 Å². The Morgan fingerprint density at radius 2 is 1.62 bits per heavy atom. The van der Waals surface area contributed by atoms with E-state index in [0.717, 1.165) is 25.7 Å². The van der Waals surface area contributed by atoms with E-state index < -0.39 is 0 Å². The average Bonchev–Trinajstić information content (AvgIpc) is 2.54. The van der Waals surface area contributed by atoms with Crippen molar-refractivity contribution in [1.29, 1.82) is 0 Å². The zero-order valence-corrected chi connectivity index (χ0v) is 17.6. The molecule has 0 bridgehead atoms. The quantitative estimate of drug-likeness (QED) is 0.338. The van der Waals surface area contributed by atoms with E-state index >= 15 is 0 Å². The maximum absolute atomic E-state index is 10.7. The van der Waals surface area contributed by atoms with E-state index in [2.05, 4.69) is 0 Å². The molecular formula is C18H22Cl4O4. The SMILES string of the molecule is CC(=O)COCCCCCCOc1c(Cl)cc(OCC=C(Cl)Cl)cc1Cl. The Balaban J connectivity index is 2.28. The van der Waals surface area contributed by atoms with Gasteiger partial charge in [0.15, 0.2) is 11.5 Å². The minimum Gasteiger partial charge on any atom is -0.490 e. The van der Waals surface area contributed by atoms with Crippen molar-refractivity contribution in [2.45, 2.75) is 32.6 Å². The van der Waals surface area contributed by atoms with E-state index in [0.29, 0.717) is 34.8 Å². The molecule has 26 heavy (non-hydrogen) atoms. The first-order valence-electron chi connectivity index (χ1n) is 8.23. The van der Waals surface area contributed by atoms with Crippen LogP contribution >= 0.6 is 46.4 Å². The van der Waals surface area contributed by atoms with Crippen molar-refractivity contribution in [3.8, 4) is 11.5 Å².